The zero-order valence-electron chi connectivity index (χ0n) is 23.2. The Morgan fingerprint density at radius 1 is 1.00 bits per heavy atom. The van der Waals surface area contributed by atoms with Crippen LogP contribution < -0.4 is 24.8 Å². The third-order valence-electron chi connectivity index (χ3n) is 7.27. The number of anilines is 1. The lowest BCUT2D eigenvalue weighted by molar-refractivity contribution is -0.116. The second kappa shape index (κ2) is 11.7. The molecule has 1 aromatic heterocycles. The van der Waals surface area contributed by atoms with Crippen LogP contribution in [0.15, 0.2) is 83.3 Å². The molecule has 0 saturated carbocycles. The number of pyridine rings is 1. The molecule has 206 valence electrons. The number of carbonyl (C=O) groups is 2. The van der Waals surface area contributed by atoms with Gasteiger partial charge in [-0.1, -0.05) is 12.1 Å². The fraction of sp³-hybridized carbons (Fsp3) is 0.281. The highest BCUT2D eigenvalue weighted by Crippen LogP contribution is 2.43. The third-order valence-corrected chi connectivity index (χ3v) is 7.27. The maximum absolute atomic E-state index is 13.8. The van der Waals surface area contributed by atoms with Crippen molar-refractivity contribution >= 4 is 17.5 Å². The summed E-state index contributed by atoms with van der Waals surface area (Å²) in [7, 11) is 3.23. The van der Waals surface area contributed by atoms with Gasteiger partial charge in [0.25, 0.3) is 5.91 Å². The molecule has 8 nitrogen and oxygen atoms in total. The zero-order chi connectivity index (χ0) is 28.2. The van der Waals surface area contributed by atoms with Crippen LogP contribution in [0.2, 0.25) is 0 Å². The van der Waals surface area contributed by atoms with Crippen LogP contribution in [0.1, 0.15) is 48.8 Å². The SMILES string of the molecule is COc1ccc(OCc2cc([C@@H]3C(C(=O)Nc4ccc(C)cn4)=C(C)NC4=C3C(=O)CCC4)ccc2OC)cc1. The van der Waals surface area contributed by atoms with Gasteiger partial charge in [0, 0.05) is 46.6 Å². The Hall–Kier alpha value is -4.59. The number of nitrogens with zero attached hydrogens (tertiary/aromatic N) is 1. The van der Waals surface area contributed by atoms with E-state index < -0.39 is 5.92 Å². The van der Waals surface area contributed by atoms with Gasteiger partial charge in [-0.05, 0) is 80.3 Å². The molecule has 1 aliphatic carbocycles. The number of ketones is 1. The second-order valence-corrected chi connectivity index (χ2v) is 9.98. The number of ether oxygens (including phenoxy) is 3. The molecule has 1 atom stereocenters. The Morgan fingerprint density at radius 2 is 1.77 bits per heavy atom. The van der Waals surface area contributed by atoms with Gasteiger partial charge < -0.3 is 24.8 Å². The number of methoxy groups -OCH3 is 2. The highest BCUT2D eigenvalue weighted by molar-refractivity contribution is 6.09. The Morgan fingerprint density at radius 3 is 2.48 bits per heavy atom. The molecule has 3 aromatic rings. The first-order valence-corrected chi connectivity index (χ1v) is 13.3. The lowest BCUT2D eigenvalue weighted by Gasteiger charge is -2.34. The summed E-state index contributed by atoms with van der Waals surface area (Å²) in [6.07, 6.45) is 3.70. The number of benzene rings is 2. The maximum Gasteiger partial charge on any atom is 0.255 e. The first-order chi connectivity index (χ1) is 19.4. The van der Waals surface area contributed by atoms with E-state index in [9.17, 15) is 9.59 Å². The fourth-order valence-corrected chi connectivity index (χ4v) is 5.27. The van der Waals surface area contributed by atoms with Gasteiger partial charge in [0.2, 0.25) is 0 Å². The molecule has 0 fully saturated rings. The number of Topliss-reactive ketones (excluding diaryl/α,β-unsaturated/α-hetero) is 1. The van der Waals surface area contributed by atoms with Crippen LogP contribution >= 0.6 is 0 Å². The molecule has 2 aliphatic rings. The highest BCUT2D eigenvalue weighted by Gasteiger charge is 2.38. The van der Waals surface area contributed by atoms with Crippen LogP contribution in [0.5, 0.6) is 17.2 Å². The molecule has 2 N–H and O–H groups in total. The minimum atomic E-state index is -0.542. The van der Waals surface area contributed by atoms with E-state index in [2.05, 4.69) is 15.6 Å². The molecule has 2 heterocycles. The summed E-state index contributed by atoms with van der Waals surface area (Å²) < 4.78 is 16.9. The number of allylic oxidation sites excluding steroid dienone is 3. The molecule has 1 amide bonds. The summed E-state index contributed by atoms with van der Waals surface area (Å²) in [5.41, 5.74) is 5.35. The fourth-order valence-electron chi connectivity index (χ4n) is 5.27. The van der Waals surface area contributed by atoms with Gasteiger partial charge in [-0.25, -0.2) is 4.98 Å². The average molecular weight is 540 g/mol. The number of dihydropyridines is 1. The van der Waals surface area contributed by atoms with Gasteiger partial charge >= 0.3 is 0 Å². The van der Waals surface area contributed by atoms with E-state index in [0.717, 1.165) is 46.7 Å². The number of hydrogen-bond donors (Lipinski definition) is 2. The minimum absolute atomic E-state index is 0.0526. The predicted octanol–water partition coefficient (Wildman–Crippen LogP) is 5.59. The quantitative estimate of drug-likeness (QED) is 0.385. The first-order valence-electron chi connectivity index (χ1n) is 13.3. The summed E-state index contributed by atoms with van der Waals surface area (Å²) in [6.45, 7) is 4.06. The van der Waals surface area contributed by atoms with E-state index in [1.165, 1.54) is 0 Å². The Balaban J connectivity index is 1.52. The molecule has 8 heteroatoms. The van der Waals surface area contributed by atoms with Gasteiger partial charge in [-0.3, -0.25) is 9.59 Å². The van der Waals surface area contributed by atoms with Crippen LogP contribution in [-0.4, -0.2) is 30.9 Å². The van der Waals surface area contributed by atoms with Crippen molar-refractivity contribution in [2.75, 3.05) is 19.5 Å². The number of rotatable bonds is 8. The van der Waals surface area contributed by atoms with E-state index in [1.54, 1.807) is 26.5 Å². The predicted molar refractivity (Wildman–Crippen MR) is 152 cm³/mol. The number of carbonyl (C=O) groups excluding carboxylic acids is 2. The molecule has 0 radical (unpaired) electrons. The minimum Gasteiger partial charge on any atom is -0.497 e. The van der Waals surface area contributed by atoms with E-state index in [-0.39, 0.29) is 18.3 Å². The summed E-state index contributed by atoms with van der Waals surface area (Å²) in [4.78, 5) is 31.4. The van der Waals surface area contributed by atoms with Crippen LogP contribution in [0, 0.1) is 6.92 Å². The summed E-state index contributed by atoms with van der Waals surface area (Å²) in [6, 6.07) is 16.8. The number of aromatic nitrogens is 1. The molecular weight excluding hydrogens is 506 g/mol. The van der Waals surface area contributed by atoms with Gasteiger partial charge in [-0.2, -0.15) is 0 Å². The molecule has 1 aliphatic heterocycles. The number of aryl methyl sites for hydroxylation is 1. The summed E-state index contributed by atoms with van der Waals surface area (Å²) in [5.74, 6) is 1.75. The largest absolute Gasteiger partial charge is 0.497 e. The molecule has 5 rings (SSSR count). The lowest BCUT2D eigenvalue weighted by Crippen LogP contribution is -2.35. The van der Waals surface area contributed by atoms with Crippen LogP contribution in [-0.2, 0) is 16.2 Å². The van der Waals surface area contributed by atoms with Gasteiger partial charge in [0.1, 0.15) is 29.7 Å². The molecule has 2 aromatic carbocycles. The third kappa shape index (κ3) is 5.57. The highest BCUT2D eigenvalue weighted by atomic mass is 16.5. The van der Waals surface area contributed by atoms with Crippen molar-refractivity contribution in [2.24, 2.45) is 0 Å². The van der Waals surface area contributed by atoms with Crippen LogP contribution in [0.25, 0.3) is 0 Å². The van der Waals surface area contributed by atoms with E-state index in [4.69, 9.17) is 14.2 Å². The number of hydrogen-bond acceptors (Lipinski definition) is 7. The smallest absolute Gasteiger partial charge is 0.255 e. The van der Waals surface area contributed by atoms with Crippen molar-refractivity contribution in [3.05, 3.63) is 100 Å². The molecule has 0 spiro atoms. The Kier molecular flexibility index (Phi) is 7.86. The van der Waals surface area contributed by atoms with Gasteiger partial charge in [-0.15, -0.1) is 0 Å². The van der Waals surface area contributed by atoms with E-state index in [0.29, 0.717) is 34.9 Å². The van der Waals surface area contributed by atoms with Gasteiger partial charge in [0.05, 0.1) is 14.2 Å². The number of nitrogens with one attached hydrogen (secondary N) is 2. The van der Waals surface area contributed by atoms with E-state index in [1.807, 2.05) is 62.4 Å². The van der Waals surface area contributed by atoms with Crippen molar-refractivity contribution in [1.29, 1.82) is 0 Å². The monoisotopic (exact) mass is 539 g/mol. The normalized spacial score (nSPS) is 16.7. The molecule has 0 bridgehead atoms. The van der Waals surface area contributed by atoms with E-state index >= 15 is 0 Å². The Bertz CT molecular complexity index is 1490. The molecule has 0 saturated heterocycles. The van der Waals surface area contributed by atoms with Crippen molar-refractivity contribution in [3.63, 3.8) is 0 Å². The molecule has 0 unspecified atom stereocenters. The number of amides is 1. The molecule has 40 heavy (non-hydrogen) atoms. The summed E-state index contributed by atoms with van der Waals surface area (Å²) >= 11 is 0. The topological polar surface area (TPSA) is 98.8 Å². The van der Waals surface area contributed by atoms with Crippen molar-refractivity contribution in [2.45, 2.75) is 45.6 Å². The standard InChI is InChI=1S/C32H33N3O5/c1-19-8-15-28(33-17-19)35-32(37)29-20(2)34-25-6-5-7-26(36)31(25)30(29)21-9-14-27(39-4)22(16-21)18-40-24-12-10-23(38-3)11-13-24/h8-17,30,34H,5-7,18H2,1-4H3,(H,33,35,37)/t30-/m1/s1. The van der Waals surface area contributed by atoms with Crippen LogP contribution in [0.3, 0.4) is 0 Å². The van der Waals surface area contributed by atoms with Crippen LogP contribution in [0.4, 0.5) is 5.82 Å². The average Bonchev–Trinajstić information content (AvgIpc) is 2.96. The summed E-state index contributed by atoms with van der Waals surface area (Å²) in [5, 5.41) is 6.30. The van der Waals surface area contributed by atoms with Gasteiger partial charge in [0.15, 0.2) is 5.78 Å². The maximum atomic E-state index is 13.8. The van der Waals surface area contributed by atoms with Crippen molar-refractivity contribution in [3.8, 4) is 17.2 Å². The Labute approximate surface area is 234 Å². The second-order valence-electron chi connectivity index (χ2n) is 9.98. The molecular formula is C32H33N3O5. The zero-order valence-corrected chi connectivity index (χ0v) is 23.2. The lowest BCUT2D eigenvalue weighted by atomic mass is 9.74. The van der Waals surface area contributed by atoms with Crippen molar-refractivity contribution < 1.29 is 23.8 Å². The van der Waals surface area contributed by atoms with Crippen molar-refractivity contribution in [1.82, 2.24) is 10.3 Å². The first kappa shape index (κ1) is 27.0.